The fourth-order valence-electron chi connectivity index (χ4n) is 2.99. The number of piperidine rings is 1. The van der Waals surface area contributed by atoms with Gasteiger partial charge in [0.25, 0.3) is 0 Å². The normalized spacial score (nSPS) is 18.2. The van der Waals surface area contributed by atoms with Gasteiger partial charge in [0.2, 0.25) is 0 Å². The average Bonchev–Trinajstić information content (AvgIpc) is 2.48. The monoisotopic (exact) mass is 288 g/mol. The molecular formula is C16H24N4O. The van der Waals surface area contributed by atoms with Gasteiger partial charge in [-0.05, 0) is 50.9 Å². The molecule has 0 unspecified atom stereocenters. The second-order valence-corrected chi connectivity index (χ2v) is 5.96. The molecule has 2 heterocycles. The van der Waals surface area contributed by atoms with E-state index in [9.17, 15) is 5.11 Å². The van der Waals surface area contributed by atoms with Crippen LogP contribution in [0.15, 0.2) is 18.3 Å². The van der Waals surface area contributed by atoms with E-state index in [4.69, 9.17) is 5.26 Å². The van der Waals surface area contributed by atoms with Crippen molar-refractivity contribution in [1.29, 1.82) is 5.26 Å². The smallest absolute Gasteiger partial charge is 0.146 e. The number of rotatable bonds is 5. The van der Waals surface area contributed by atoms with Crippen LogP contribution in [-0.2, 0) is 0 Å². The first-order chi connectivity index (χ1) is 10.1. The van der Waals surface area contributed by atoms with Gasteiger partial charge >= 0.3 is 0 Å². The Hall–Kier alpha value is -1.64. The number of hydrogen-bond acceptors (Lipinski definition) is 5. The highest BCUT2D eigenvalue weighted by molar-refractivity contribution is 5.52. The van der Waals surface area contributed by atoms with Gasteiger partial charge in [-0.1, -0.05) is 0 Å². The third kappa shape index (κ3) is 4.42. The van der Waals surface area contributed by atoms with Crippen LogP contribution in [0.2, 0.25) is 0 Å². The summed E-state index contributed by atoms with van der Waals surface area (Å²) in [6.07, 6.45) is 3.74. The zero-order chi connectivity index (χ0) is 15.2. The predicted molar refractivity (Wildman–Crippen MR) is 83.1 cm³/mol. The lowest BCUT2D eigenvalue weighted by atomic mass is 9.96. The van der Waals surface area contributed by atoms with Gasteiger partial charge in [-0.25, -0.2) is 4.98 Å². The number of aliphatic hydroxyl groups excluding tert-OH is 1. The Balaban J connectivity index is 1.87. The van der Waals surface area contributed by atoms with E-state index < -0.39 is 0 Å². The quantitative estimate of drug-likeness (QED) is 0.889. The van der Waals surface area contributed by atoms with Gasteiger partial charge in [-0.2, -0.15) is 5.26 Å². The first-order valence-electron chi connectivity index (χ1n) is 7.57. The molecule has 5 nitrogen and oxygen atoms in total. The highest BCUT2D eigenvalue weighted by Gasteiger charge is 2.22. The number of anilines is 1. The van der Waals surface area contributed by atoms with E-state index in [2.05, 4.69) is 20.9 Å². The molecule has 1 aliphatic heterocycles. The SMILES string of the molecule is C[C@H](O)CN1CCC(CN(C)c2ncccc2C#N)CC1. The molecule has 1 atom stereocenters. The van der Waals surface area contributed by atoms with Crippen LogP contribution in [0.4, 0.5) is 5.82 Å². The van der Waals surface area contributed by atoms with Crippen molar-refractivity contribution in [3.05, 3.63) is 23.9 Å². The lowest BCUT2D eigenvalue weighted by Crippen LogP contribution is -2.40. The lowest BCUT2D eigenvalue weighted by molar-refractivity contribution is 0.101. The maximum atomic E-state index is 9.43. The van der Waals surface area contributed by atoms with Crippen LogP contribution in [0.25, 0.3) is 0 Å². The van der Waals surface area contributed by atoms with Crippen molar-refractivity contribution in [2.75, 3.05) is 38.1 Å². The van der Waals surface area contributed by atoms with E-state index >= 15 is 0 Å². The van der Waals surface area contributed by atoms with Crippen LogP contribution in [0.1, 0.15) is 25.3 Å². The zero-order valence-electron chi connectivity index (χ0n) is 12.9. The minimum Gasteiger partial charge on any atom is -0.392 e. The van der Waals surface area contributed by atoms with E-state index in [1.54, 1.807) is 12.3 Å². The van der Waals surface area contributed by atoms with Crippen molar-refractivity contribution in [2.24, 2.45) is 5.92 Å². The van der Waals surface area contributed by atoms with E-state index in [1.165, 1.54) is 0 Å². The molecular weight excluding hydrogens is 264 g/mol. The van der Waals surface area contributed by atoms with Crippen LogP contribution < -0.4 is 4.90 Å². The Morgan fingerprint density at radius 2 is 2.24 bits per heavy atom. The van der Waals surface area contributed by atoms with Crippen LogP contribution in [-0.4, -0.2) is 54.3 Å². The number of nitriles is 1. The average molecular weight is 288 g/mol. The van der Waals surface area contributed by atoms with Gasteiger partial charge in [0.05, 0.1) is 11.7 Å². The summed E-state index contributed by atoms with van der Waals surface area (Å²) < 4.78 is 0. The van der Waals surface area contributed by atoms with Crippen LogP contribution >= 0.6 is 0 Å². The third-order valence-electron chi connectivity index (χ3n) is 4.03. The molecule has 1 fully saturated rings. The van der Waals surface area contributed by atoms with E-state index in [1.807, 2.05) is 20.0 Å². The standard InChI is InChI=1S/C16H24N4O/c1-13(21)11-20-8-5-14(6-9-20)12-19(2)16-15(10-17)4-3-7-18-16/h3-4,7,13-14,21H,5-6,8-9,11-12H2,1-2H3/t13-/m0/s1. The van der Waals surface area contributed by atoms with Gasteiger partial charge < -0.3 is 14.9 Å². The fourth-order valence-corrected chi connectivity index (χ4v) is 2.99. The van der Waals surface area contributed by atoms with Gasteiger partial charge in [-0.3, -0.25) is 0 Å². The maximum Gasteiger partial charge on any atom is 0.146 e. The number of β-amino-alcohol motifs (C(OH)–C–C–N with tert-alkyl or cyclic N) is 1. The minimum atomic E-state index is -0.254. The molecule has 0 aromatic carbocycles. The maximum absolute atomic E-state index is 9.43. The van der Waals surface area contributed by atoms with Crippen molar-refractivity contribution in [1.82, 2.24) is 9.88 Å². The molecule has 21 heavy (non-hydrogen) atoms. The molecule has 1 saturated heterocycles. The summed E-state index contributed by atoms with van der Waals surface area (Å²) in [7, 11) is 2.01. The second-order valence-electron chi connectivity index (χ2n) is 5.96. The molecule has 0 aliphatic carbocycles. The van der Waals surface area contributed by atoms with Gasteiger partial charge in [0.1, 0.15) is 11.9 Å². The van der Waals surface area contributed by atoms with Crippen LogP contribution in [0.3, 0.4) is 0 Å². The van der Waals surface area contributed by atoms with Gasteiger partial charge in [0, 0.05) is 26.3 Å². The summed E-state index contributed by atoms with van der Waals surface area (Å²) in [4.78, 5) is 8.74. The molecule has 1 aliphatic rings. The van der Waals surface area contributed by atoms with Crippen molar-refractivity contribution >= 4 is 5.82 Å². The molecule has 0 saturated carbocycles. The van der Waals surface area contributed by atoms with Crippen molar-refractivity contribution < 1.29 is 5.11 Å². The molecule has 0 amide bonds. The molecule has 5 heteroatoms. The fraction of sp³-hybridized carbons (Fsp3) is 0.625. The molecule has 0 spiro atoms. The molecule has 1 aromatic heterocycles. The Morgan fingerprint density at radius 1 is 1.52 bits per heavy atom. The highest BCUT2D eigenvalue weighted by Crippen LogP contribution is 2.22. The number of hydrogen-bond donors (Lipinski definition) is 1. The van der Waals surface area contributed by atoms with E-state index in [0.717, 1.165) is 44.8 Å². The summed E-state index contributed by atoms with van der Waals surface area (Å²) >= 11 is 0. The van der Waals surface area contributed by atoms with Crippen molar-refractivity contribution in [3.8, 4) is 6.07 Å². The van der Waals surface area contributed by atoms with Crippen LogP contribution in [0.5, 0.6) is 0 Å². The molecule has 1 N–H and O–H groups in total. The Bertz CT molecular complexity index is 489. The molecule has 0 radical (unpaired) electrons. The Kier molecular flexibility index (Phi) is 5.54. The number of aliphatic hydroxyl groups is 1. The number of aromatic nitrogens is 1. The van der Waals surface area contributed by atoms with Crippen LogP contribution in [0, 0.1) is 17.2 Å². The minimum absolute atomic E-state index is 0.254. The molecule has 0 bridgehead atoms. The van der Waals surface area contributed by atoms with Gasteiger partial charge in [0.15, 0.2) is 0 Å². The van der Waals surface area contributed by atoms with Crippen molar-refractivity contribution in [2.45, 2.75) is 25.9 Å². The number of likely N-dealkylation sites (tertiary alicyclic amines) is 1. The predicted octanol–water partition coefficient (Wildman–Crippen LogP) is 1.48. The Labute approximate surface area is 126 Å². The summed E-state index contributed by atoms with van der Waals surface area (Å²) in [5, 5.41) is 18.6. The summed E-state index contributed by atoms with van der Waals surface area (Å²) in [6.45, 7) is 5.60. The number of pyridine rings is 1. The number of nitrogens with zero attached hydrogens (tertiary/aromatic N) is 4. The van der Waals surface area contributed by atoms with Crippen molar-refractivity contribution in [3.63, 3.8) is 0 Å². The summed E-state index contributed by atoms with van der Waals surface area (Å²) in [6, 6.07) is 5.81. The van der Waals surface area contributed by atoms with E-state index in [-0.39, 0.29) is 6.10 Å². The van der Waals surface area contributed by atoms with E-state index in [0.29, 0.717) is 11.5 Å². The third-order valence-corrected chi connectivity index (χ3v) is 4.03. The Morgan fingerprint density at radius 3 is 2.86 bits per heavy atom. The van der Waals surface area contributed by atoms with Gasteiger partial charge in [-0.15, -0.1) is 0 Å². The first-order valence-corrected chi connectivity index (χ1v) is 7.57. The molecule has 2 rings (SSSR count). The highest BCUT2D eigenvalue weighted by atomic mass is 16.3. The second kappa shape index (κ2) is 7.39. The largest absolute Gasteiger partial charge is 0.392 e. The lowest BCUT2D eigenvalue weighted by Gasteiger charge is -2.34. The molecule has 1 aromatic rings. The summed E-state index contributed by atoms with van der Waals surface area (Å²) in [5.74, 6) is 1.39. The summed E-state index contributed by atoms with van der Waals surface area (Å²) in [5.41, 5.74) is 0.631. The topological polar surface area (TPSA) is 63.4 Å². The first kappa shape index (κ1) is 15.7. The molecule has 114 valence electrons. The zero-order valence-corrected chi connectivity index (χ0v) is 12.9.